The van der Waals surface area contributed by atoms with Crippen LogP contribution < -0.4 is 5.32 Å². The van der Waals surface area contributed by atoms with Gasteiger partial charge in [-0.2, -0.15) is 10.5 Å². The molecule has 8 nitrogen and oxygen atoms in total. The lowest BCUT2D eigenvalue weighted by Gasteiger charge is -2.33. The van der Waals surface area contributed by atoms with Crippen LogP contribution >= 0.6 is 15.9 Å². The van der Waals surface area contributed by atoms with Crippen LogP contribution in [0, 0.1) is 28.6 Å². The van der Waals surface area contributed by atoms with Crippen LogP contribution in [0.2, 0.25) is 0 Å². The molecule has 0 aromatic carbocycles. The average molecular weight is 447 g/mol. The number of anilines is 1. The normalized spacial score (nSPS) is 16.6. The lowest BCUT2D eigenvalue weighted by molar-refractivity contribution is -0.133. The predicted molar refractivity (Wildman–Crippen MR) is 107 cm³/mol. The third-order valence-electron chi connectivity index (χ3n) is 4.55. The van der Waals surface area contributed by atoms with Crippen molar-refractivity contribution in [2.24, 2.45) is 5.92 Å². The second kappa shape index (κ2) is 11.4. The number of carbonyl (C=O) groups excluding carboxylic acids is 2. The number of nitrogens with zero attached hydrogens (tertiary/aromatic N) is 5. The van der Waals surface area contributed by atoms with Gasteiger partial charge in [0.2, 0.25) is 11.8 Å². The summed E-state index contributed by atoms with van der Waals surface area (Å²) in [6.45, 7) is 2.08. The molecule has 0 bridgehead atoms. The van der Waals surface area contributed by atoms with Gasteiger partial charge in [0.05, 0.1) is 37.4 Å². The summed E-state index contributed by atoms with van der Waals surface area (Å²) in [5.41, 5.74) is 0. The number of hydrogen-bond acceptors (Lipinski definition) is 6. The standard InChI is InChI=1S/C19H23BrN6O2/c20-16-5-6-17(23-12-16)24-19(28)15-4-1-9-25(13-15)14-18(27)26(10-2-7-21)11-3-8-22/h5-6,12,15H,1-4,9-11,13-14H2,(H,23,24,28). The van der Waals surface area contributed by atoms with Crippen molar-refractivity contribution in [1.29, 1.82) is 10.5 Å². The van der Waals surface area contributed by atoms with E-state index in [1.165, 1.54) is 0 Å². The predicted octanol–water partition coefficient (Wildman–Crippen LogP) is 2.15. The SMILES string of the molecule is N#CCCN(CCC#N)C(=O)CN1CCCC(C(=O)Nc2ccc(Br)cn2)C1. The van der Waals surface area contributed by atoms with E-state index in [-0.39, 0.29) is 37.1 Å². The Labute approximate surface area is 173 Å². The van der Waals surface area contributed by atoms with E-state index in [1.54, 1.807) is 17.2 Å². The Kier molecular flexibility index (Phi) is 8.86. The summed E-state index contributed by atoms with van der Waals surface area (Å²) in [4.78, 5) is 32.8. The minimum absolute atomic E-state index is 0.0993. The van der Waals surface area contributed by atoms with E-state index in [2.05, 4.69) is 26.2 Å². The van der Waals surface area contributed by atoms with Gasteiger partial charge in [-0.1, -0.05) is 0 Å². The summed E-state index contributed by atoms with van der Waals surface area (Å²) >= 11 is 3.31. The molecule has 2 rings (SSSR count). The first kappa shape index (κ1) is 21.8. The van der Waals surface area contributed by atoms with Crippen LogP contribution in [0.1, 0.15) is 25.7 Å². The van der Waals surface area contributed by atoms with Crippen molar-refractivity contribution in [3.63, 3.8) is 0 Å². The summed E-state index contributed by atoms with van der Waals surface area (Å²) in [6, 6.07) is 7.60. The van der Waals surface area contributed by atoms with E-state index in [0.717, 1.165) is 23.9 Å². The van der Waals surface area contributed by atoms with Crippen molar-refractivity contribution >= 4 is 33.6 Å². The van der Waals surface area contributed by atoms with Gasteiger partial charge in [0.25, 0.3) is 0 Å². The lowest BCUT2D eigenvalue weighted by atomic mass is 9.97. The first-order valence-corrected chi connectivity index (χ1v) is 9.99. The summed E-state index contributed by atoms with van der Waals surface area (Å²) in [5, 5.41) is 20.3. The molecular weight excluding hydrogens is 424 g/mol. The highest BCUT2D eigenvalue weighted by molar-refractivity contribution is 9.10. The Morgan fingerprint density at radius 2 is 2.00 bits per heavy atom. The molecule has 0 radical (unpaired) electrons. The van der Waals surface area contributed by atoms with Crippen molar-refractivity contribution in [3.8, 4) is 12.1 Å². The Morgan fingerprint density at radius 3 is 2.61 bits per heavy atom. The highest BCUT2D eigenvalue weighted by Crippen LogP contribution is 2.19. The van der Waals surface area contributed by atoms with Gasteiger partial charge in [0, 0.05) is 30.3 Å². The van der Waals surface area contributed by atoms with Gasteiger partial charge in [-0.15, -0.1) is 0 Å². The number of amides is 2. The number of nitriles is 2. The van der Waals surface area contributed by atoms with Gasteiger partial charge in [-0.05, 0) is 47.4 Å². The Morgan fingerprint density at radius 1 is 1.29 bits per heavy atom. The number of nitrogens with one attached hydrogen (secondary N) is 1. The first-order valence-electron chi connectivity index (χ1n) is 9.20. The molecule has 2 amide bonds. The Bertz CT molecular complexity index is 737. The number of rotatable bonds is 8. The van der Waals surface area contributed by atoms with Crippen molar-refractivity contribution in [1.82, 2.24) is 14.8 Å². The molecule has 9 heteroatoms. The summed E-state index contributed by atoms with van der Waals surface area (Å²) in [6.07, 6.45) is 3.69. The molecule has 0 saturated carbocycles. The second-order valence-electron chi connectivity index (χ2n) is 6.62. The molecule has 1 aliphatic heterocycles. The number of halogens is 1. The van der Waals surface area contributed by atoms with Crippen LogP contribution in [0.25, 0.3) is 0 Å². The zero-order chi connectivity index (χ0) is 20.4. The molecular formula is C19H23BrN6O2. The zero-order valence-corrected chi connectivity index (χ0v) is 17.2. The molecule has 1 unspecified atom stereocenters. The quantitative estimate of drug-likeness (QED) is 0.654. The monoisotopic (exact) mass is 446 g/mol. The van der Waals surface area contributed by atoms with Crippen LogP contribution in [0.3, 0.4) is 0 Å². The smallest absolute Gasteiger partial charge is 0.236 e. The van der Waals surface area contributed by atoms with E-state index < -0.39 is 0 Å². The number of piperidine rings is 1. The fraction of sp³-hybridized carbons (Fsp3) is 0.526. The molecule has 1 atom stereocenters. The molecule has 0 aliphatic carbocycles. The average Bonchev–Trinajstić information content (AvgIpc) is 2.70. The maximum atomic E-state index is 12.6. The maximum absolute atomic E-state index is 12.6. The maximum Gasteiger partial charge on any atom is 0.236 e. The van der Waals surface area contributed by atoms with Gasteiger partial charge >= 0.3 is 0 Å². The van der Waals surface area contributed by atoms with Crippen LogP contribution in [0.4, 0.5) is 5.82 Å². The highest BCUT2D eigenvalue weighted by atomic mass is 79.9. The van der Waals surface area contributed by atoms with Crippen molar-refractivity contribution in [2.45, 2.75) is 25.7 Å². The molecule has 1 aromatic rings. The summed E-state index contributed by atoms with van der Waals surface area (Å²) in [5.74, 6) is 0.0816. The lowest BCUT2D eigenvalue weighted by Crippen LogP contribution is -2.46. The van der Waals surface area contributed by atoms with E-state index >= 15 is 0 Å². The van der Waals surface area contributed by atoms with Crippen molar-refractivity contribution < 1.29 is 9.59 Å². The van der Waals surface area contributed by atoms with Gasteiger partial charge in [0.15, 0.2) is 0 Å². The van der Waals surface area contributed by atoms with Crippen LogP contribution in [-0.4, -0.2) is 59.3 Å². The van der Waals surface area contributed by atoms with Gasteiger partial charge in [-0.25, -0.2) is 4.98 Å². The minimum atomic E-state index is -0.210. The zero-order valence-electron chi connectivity index (χ0n) is 15.6. The topological polar surface area (TPSA) is 113 Å². The molecule has 148 valence electrons. The number of hydrogen-bond donors (Lipinski definition) is 1. The molecule has 1 N–H and O–H groups in total. The molecule has 1 aliphatic rings. The van der Waals surface area contributed by atoms with E-state index in [1.807, 2.05) is 23.1 Å². The minimum Gasteiger partial charge on any atom is -0.340 e. The first-order chi connectivity index (χ1) is 13.5. The van der Waals surface area contributed by atoms with E-state index in [9.17, 15) is 9.59 Å². The second-order valence-corrected chi connectivity index (χ2v) is 7.54. The van der Waals surface area contributed by atoms with Gasteiger partial charge < -0.3 is 10.2 Å². The summed E-state index contributed by atoms with van der Waals surface area (Å²) in [7, 11) is 0. The number of likely N-dealkylation sites (tertiary alicyclic amines) is 1. The Hall–Kier alpha value is -2.49. The fourth-order valence-electron chi connectivity index (χ4n) is 3.11. The molecule has 28 heavy (non-hydrogen) atoms. The van der Waals surface area contributed by atoms with Crippen LogP contribution in [0.5, 0.6) is 0 Å². The van der Waals surface area contributed by atoms with Crippen molar-refractivity contribution in [2.75, 3.05) is 38.0 Å². The Balaban J connectivity index is 1.89. The van der Waals surface area contributed by atoms with E-state index in [0.29, 0.717) is 25.5 Å². The van der Waals surface area contributed by atoms with Crippen LogP contribution in [0.15, 0.2) is 22.8 Å². The number of aromatic nitrogens is 1. The van der Waals surface area contributed by atoms with Crippen LogP contribution in [-0.2, 0) is 9.59 Å². The molecule has 1 aromatic heterocycles. The van der Waals surface area contributed by atoms with Crippen molar-refractivity contribution in [3.05, 3.63) is 22.8 Å². The molecule has 0 spiro atoms. The third-order valence-corrected chi connectivity index (χ3v) is 5.02. The number of pyridine rings is 1. The fourth-order valence-corrected chi connectivity index (χ4v) is 3.35. The number of carbonyl (C=O) groups is 2. The highest BCUT2D eigenvalue weighted by Gasteiger charge is 2.28. The largest absolute Gasteiger partial charge is 0.340 e. The van der Waals surface area contributed by atoms with Gasteiger partial charge in [0.1, 0.15) is 5.82 Å². The van der Waals surface area contributed by atoms with Gasteiger partial charge in [-0.3, -0.25) is 14.5 Å². The molecule has 2 heterocycles. The molecule has 1 fully saturated rings. The summed E-state index contributed by atoms with van der Waals surface area (Å²) < 4.78 is 0.838. The third kappa shape index (κ3) is 6.91. The van der Waals surface area contributed by atoms with E-state index in [4.69, 9.17) is 10.5 Å². The molecule has 1 saturated heterocycles.